The molecule has 11 nitrogen and oxygen atoms in total. The summed E-state index contributed by atoms with van der Waals surface area (Å²) in [6.45, 7) is 2.65. The Kier molecular flexibility index (Phi) is 13.1. The molecule has 0 aromatic carbocycles. The number of nitrogens with zero attached hydrogens (tertiary/aromatic N) is 1. The van der Waals surface area contributed by atoms with E-state index >= 15 is 0 Å². The van der Waals surface area contributed by atoms with Gasteiger partial charge in [-0.25, -0.2) is 16.8 Å². The van der Waals surface area contributed by atoms with E-state index in [2.05, 4.69) is 5.32 Å². The summed E-state index contributed by atoms with van der Waals surface area (Å²) in [7, 11) is -12.5. The first-order valence-electron chi connectivity index (χ1n) is 8.76. The largest absolute Gasteiger partial charge is 0.748 e. The maximum atomic E-state index is 10.6. The van der Waals surface area contributed by atoms with Crippen LogP contribution in [0.2, 0.25) is 6.04 Å². The molecule has 0 amide bonds. The third-order valence-electron chi connectivity index (χ3n) is 3.71. The molecule has 0 atom stereocenters. The lowest BCUT2D eigenvalue weighted by Gasteiger charge is -2.23. The van der Waals surface area contributed by atoms with Crippen LogP contribution in [0, 0.1) is 0 Å². The highest BCUT2D eigenvalue weighted by molar-refractivity contribution is 7.85. The van der Waals surface area contributed by atoms with E-state index in [1.807, 2.05) is 4.90 Å². The molecule has 0 aromatic rings. The van der Waals surface area contributed by atoms with Crippen LogP contribution in [-0.4, -0.2) is 98.3 Å². The van der Waals surface area contributed by atoms with Gasteiger partial charge in [-0.3, -0.25) is 0 Å². The van der Waals surface area contributed by atoms with E-state index in [9.17, 15) is 25.9 Å². The first-order valence-corrected chi connectivity index (χ1v) is 14.0. The Morgan fingerprint density at radius 2 is 1.26 bits per heavy atom. The molecule has 0 aliphatic heterocycles. The van der Waals surface area contributed by atoms with Gasteiger partial charge in [-0.05, 0) is 51.7 Å². The van der Waals surface area contributed by atoms with E-state index in [-0.39, 0.29) is 18.9 Å². The van der Waals surface area contributed by atoms with Crippen LogP contribution >= 0.6 is 0 Å². The fourth-order valence-electron chi connectivity index (χ4n) is 2.38. The summed E-state index contributed by atoms with van der Waals surface area (Å²) in [5.74, 6) is -0.819. The van der Waals surface area contributed by atoms with Crippen LogP contribution in [0.15, 0.2) is 0 Å². The van der Waals surface area contributed by atoms with Crippen molar-refractivity contribution in [2.45, 2.75) is 38.1 Å². The number of nitrogens with one attached hydrogen (secondary N) is 1. The van der Waals surface area contributed by atoms with E-state index in [1.165, 1.54) is 0 Å². The lowest BCUT2D eigenvalue weighted by molar-refractivity contribution is 0.217. The molecule has 0 aliphatic rings. The van der Waals surface area contributed by atoms with E-state index in [4.69, 9.17) is 14.4 Å². The van der Waals surface area contributed by atoms with Crippen molar-refractivity contribution in [3.63, 3.8) is 0 Å². The highest BCUT2D eigenvalue weighted by Crippen LogP contribution is 2.05. The van der Waals surface area contributed by atoms with Gasteiger partial charge in [0.2, 0.25) is 0 Å². The normalized spacial score (nSPS) is 13.4. The molecule has 0 rings (SSSR count). The van der Waals surface area contributed by atoms with Crippen molar-refractivity contribution in [1.82, 2.24) is 10.2 Å². The summed E-state index contributed by atoms with van der Waals surface area (Å²) in [6, 6.07) is -0.102. The van der Waals surface area contributed by atoms with Gasteiger partial charge in [-0.15, -0.1) is 0 Å². The Labute approximate surface area is 162 Å². The molecule has 0 aromatic heterocycles. The Bertz CT molecular complexity index is 593. The highest BCUT2D eigenvalue weighted by Gasteiger charge is 2.25. The van der Waals surface area contributed by atoms with Crippen molar-refractivity contribution in [3.8, 4) is 0 Å². The molecule has 0 aliphatic carbocycles. The van der Waals surface area contributed by atoms with Crippen molar-refractivity contribution in [2.75, 3.05) is 44.2 Å². The van der Waals surface area contributed by atoms with Gasteiger partial charge in [0.05, 0.1) is 20.2 Å². The lowest BCUT2D eigenvalue weighted by atomic mass is 10.3. The number of unbranched alkanes of at least 4 members (excludes halogenated alkanes) is 2. The summed E-state index contributed by atoms with van der Waals surface area (Å²) in [4.78, 5) is 29.1. The van der Waals surface area contributed by atoms with Crippen molar-refractivity contribution < 1.29 is 40.3 Å². The van der Waals surface area contributed by atoms with Crippen LogP contribution in [0.4, 0.5) is 0 Å². The lowest BCUT2D eigenvalue weighted by Crippen LogP contribution is -2.37. The van der Waals surface area contributed by atoms with Gasteiger partial charge in [-0.1, -0.05) is 0 Å². The van der Waals surface area contributed by atoms with Crippen LogP contribution in [0.1, 0.15) is 32.1 Å². The van der Waals surface area contributed by atoms with Gasteiger partial charge in [-0.2, -0.15) is 0 Å². The Balaban J connectivity index is 4.09. The molecular weight excluding hydrogens is 420 g/mol. The second-order valence-electron chi connectivity index (χ2n) is 6.41. The second kappa shape index (κ2) is 13.1. The van der Waals surface area contributed by atoms with E-state index in [1.54, 1.807) is 0 Å². The summed E-state index contributed by atoms with van der Waals surface area (Å²) in [5, 5.41) is 3.10. The topological polar surface area (TPSA) is 190 Å². The molecule has 0 saturated heterocycles. The minimum Gasteiger partial charge on any atom is -0.748 e. The van der Waals surface area contributed by atoms with Crippen molar-refractivity contribution in [1.29, 1.82) is 0 Å². The fourth-order valence-corrected chi connectivity index (χ4v) is 4.13. The van der Waals surface area contributed by atoms with Crippen LogP contribution in [0.5, 0.6) is 0 Å². The fraction of sp³-hybridized carbons (Fsp3) is 1.00. The van der Waals surface area contributed by atoms with Gasteiger partial charge in [0, 0.05) is 30.6 Å². The monoisotopic (exact) mass is 450 g/mol. The smallest absolute Gasteiger partial charge is 0.492 e. The predicted molar refractivity (Wildman–Crippen MR) is 98.7 cm³/mol. The molecule has 4 N–H and O–H groups in total. The average molecular weight is 451 g/mol. The number of hydrogen-bond acceptors (Lipinski definition) is 11. The standard InChI is InChI=1S/C13H32N2O9S2Si/c16-25(17,18)11-3-1-6-14-7-10-15(9-5-13-27(22,23)24)8-2-4-12-26(19,20)21/h14,22-24H,1-13H2,(H,16,17,18)(H,19,20,21)/p-2. The molecule has 14 heteroatoms. The molecular formula is C13H30N2O9S2Si-2. The quantitative estimate of drug-likeness (QED) is 0.107. The van der Waals surface area contributed by atoms with Crippen LogP contribution in [0.25, 0.3) is 0 Å². The van der Waals surface area contributed by atoms with Crippen molar-refractivity contribution >= 4 is 29.0 Å². The van der Waals surface area contributed by atoms with Gasteiger partial charge < -0.3 is 33.7 Å². The Morgan fingerprint density at radius 1 is 0.741 bits per heavy atom. The zero-order chi connectivity index (χ0) is 21.0. The van der Waals surface area contributed by atoms with E-state index in [0.717, 1.165) is 0 Å². The molecule has 164 valence electrons. The summed E-state index contributed by atoms with van der Waals surface area (Å²) >= 11 is 0. The summed E-state index contributed by atoms with van der Waals surface area (Å²) in [6.07, 6.45) is 1.90. The van der Waals surface area contributed by atoms with E-state index < -0.39 is 40.5 Å². The average Bonchev–Trinajstić information content (AvgIpc) is 2.46. The van der Waals surface area contributed by atoms with Crippen molar-refractivity contribution in [2.24, 2.45) is 0 Å². The molecule has 0 radical (unpaired) electrons. The molecule has 0 fully saturated rings. The number of rotatable bonds is 17. The Morgan fingerprint density at radius 3 is 1.78 bits per heavy atom. The Hall–Kier alpha value is -0.163. The SMILES string of the molecule is O=S(=O)([O-])CCCCNCCN(CCCCS(=O)(=O)[O-])CCC[Si](O)(O)O. The molecule has 27 heavy (non-hydrogen) atoms. The maximum Gasteiger partial charge on any atom is 0.492 e. The third-order valence-corrected chi connectivity index (χ3v) is 6.31. The van der Waals surface area contributed by atoms with Crippen LogP contribution in [0.3, 0.4) is 0 Å². The first-order chi connectivity index (χ1) is 12.3. The molecule has 0 spiro atoms. The summed E-state index contributed by atoms with van der Waals surface area (Å²) < 4.78 is 63.2. The second-order valence-corrected chi connectivity index (χ2v) is 11.5. The van der Waals surface area contributed by atoms with Gasteiger partial charge in [0.15, 0.2) is 0 Å². The summed E-state index contributed by atoms with van der Waals surface area (Å²) in [5.41, 5.74) is 0. The first kappa shape index (κ1) is 26.8. The van der Waals surface area contributed by atoms with Crippen molar-refractivity contribution in [3.05, 3.63) is 0 Å². The van der Waals surface area contributed by atoms with Gasteiger partial charge in [0.25, 0.3) is 0 Å². The third kappa shape index (κ3) is 22.0. The highest BCUT2D eigenvalue weighted by atomic mass is 32.2. The zero-order valence-corrected chi connectivity index (χ0v) is 17.9. The maximum absolute atomic E-state index is 10.6. The molecule has 0 saturated carbocycles. The molecule has 0 bridgehead atoms. The van der Waals surface area contributed by atoms with Gasteiger partial charge >= 0.3 is 8.80 Å². The minimum atomic E-state index is -4.24. The minimum absolute atomic E-state index is 0.102. The van der Waals surface area contributed by atoms with Gasteiger partial charge in [0.1, 0.15) is 0 Å². The zero-order valence-electron chi connectivity index (χ0n) is 15.2. The molecule has 0 unspecified atom stereocenters. The molecule has 0 heterocycles. The predicted octanol–water partition coefficient (Wildman–Crippen LogP) is -2.17. The van der Waals surface area contributed by atoms with Crippen LogP contribution < -0.4 is 5.32 Å². The van der Waals surface area contributed by atoms with Crippen LogP contribution in [-0.2, 0) is 20.2 Å². The number of hydrogen-bond donors (Lipinski definition) is 4. The van der Waals surface area contributed by atoms with E-state index in [0.29, 0.717) is 52.0 Å².